The van der Waals surface area contributed by atoms with Crippen molar-refractivity contribution in [2.75, 3.05) is 0 Å². The second-order valence-electron chi connectivity index (χ2n) is 2.68. The number of benzene rings is 1. The minimum atomic E-state index is -3.00. The van der Waals surface area contributed by atoms with Gasteiger partial charge in [-0.25, -0.2) is 4.39 Å². The molecule has 0 aromatic heterocycles. The standard InChI is InChI=1S/C9H8BrF3O/c1-5(10)6-2-3-8(7(11)4-6)14-9(12)13/h2-5,9H,1H3. The first kappa shape index (κ1) is 11.4. The van der Waals surface area contributed by atoms with Crippen LogP contribution in [0.1, 0.15) is 17.3 Å². The van der Waals surface area contributed by atoms with Gasteiger partial charge >= 0.3 is 6.61 Å². The van der Waals surface area contributed by atoms with Crippen LogP contribution in [-0.4, -0.2) is 6.61 Å². The third kappa shape index (κ3) is 2.90. The van der Waals surface area contributed by atoms with Gasteiger partial charge in [-0.1, -0.05) is 22.0 Å². The minimum absolute atomic E-state index is 0.0300. The van der Waals surface area contributed by atoms with Crippen LogP contribution in [-0.2, 0) is 0 Å². The predicted octanol–water partition coefficient (Wildman–Crippen LogP) is 3.88. The van der Waals surface area contributed by atoms with Crippen molar-refractivity contribution in [1.29, 1.82) is 0 Å². The van der Waals surface area contributed by atoms with E-state index in [0.29, 0.717) is 5.56 Å². The highest BCUT2D eigenvalue weighted by molar-refractivity contribution is 9.09. The lowest BCUT2D eigenvalue weighted by molar-refractivity contribution is -0.0522. The highest BCUT2D eigenvalue weighted by atomic mass is 79.9. The van der Waals surface area contributed by atoms with Crippen LogP contribution < -0.4 is 4.74 Å². The molecule has 0 aliphatic carbocycles. The molecule has 1 aromatic rings. The molecule has 0 spiro atoms. The number of rotatable bonds is 3. The summed E-state index contributed by atoms with van der Waals surface area (Å²) in [4.78, 5) is -0.0300. The molecule has 14 heavy (non-hydrogen) atoms. The topological polar surface area (TPSA) is 9.23 Å². The molecule has 78 valence electrons. The summed E-state index contributed by atoms with van der Waals surface area (Å²) in [6.45, 7) is -1.20. The summed E-state index contributed by atoms with van der Waals surface area (Å²) in [6, 6.07) is 3.88. The van der Waals surface area contributed by atoms with E-state index in [0.717, 1.165) is 6.07 Å². The maximum atomic E-state index is 13.1. The van der Waals surface area contributed by atoms with Crippen LogP contribution in [0.5, 0.6) is 5.75 Å². The third-order valence-electron chi connectivity index (χ3n) is 1.63. The van der Waals surface area contributed by atoms with E-state index < -0.39 is 18.2 Å². The average Bonchev–Trinajstić information content (AvgIpc) is 2.07. The molecule has 0 aliphatic heterocycles. The van der Waals surface area contributed by atoms with Gasteiger partial charge in [0.1, 0.15) is 0 Å². The summed E-state index contributed by atoms with van der Waals surface area (Å²) in [5.41, 5.74) is 0.670. The molecule has 1 atom stereocenters. The van der Waals surface area contributed by atoms with E-state index in [1.165, 1.54) is 12.1 Å². The molecule has 0 heterocycles. The van der Waals surface area contributed by atoms with Gasteiger partial charge in [0.25, 0.3) is 0 Å². The fourth-order valence-corrected chi connectivity index (χ4v) is 1.24. The zero-order valence-electron chi connectivity index (χ0n) is 7.31. The van der Waals surface area contributed by atoms with Crippen molar-refractivity contribution in [3.05, 3.63) is 29.6 Å². The Morgan fingerprint density at radius 2 is 2.00 bits per heavy atom. The SMILES string of the molecule is CC(Br)c1ccc(OC(F)F)c(F)c1. The van der Waals surface area contributed by atoms with Crippen molar-refractivity contribution in [1.82, 2.24) is 0 Å². The first-order chi connectivity index (χ1) is 6.50. The Labute approximate surface area is 88.0 Å². The summed E-state index contributed by atoms with van der Waals surface area (Å²) < 4.78 is 40.6. The number of hydrogen-bond acceptors (Lipinski definition) is 1. The summed E-state index contributed by atoms with van der Waals surface area (Å²) in [5.74, 6) is -1.22. The zero-order chi connectivity index (χ0) is 10.7. The number of alkyl halides is 3. The molecule has 5 heteroatoms. The fraction of sp³-hybridized carbons (Fsp3) is 0.333. The van der Waals surface area contributed by atoms with Crippen LogP contribution in [0, 0.1) is 5.82 Å². The molecule has 0 saturated carbocycles. The Balaban J connectivity index is 2.90. The fourth-order valence-electron chi connectivity index (χ4n) is 0.956. The van der Waals surface area contributed by atoms with Crippen LogP contribution >= 0.6 is 15.9 Å². The van der Waals surface area contributed by atoms with Crippen molar-refractivity contribution in [2.24, 2.45) is 0 Å². The molecule has 1 nitrogen and oxygen atoms in total. The van der Waals surface area contributed by atoms with Crippen molar-refractivity contribution < 1.29 is 17.9 Å². The molecule has 1 unspecified atom stereocenters. The third-order valence-corrected chi connectivity index (χ3v) is 2.16. The van der Waals surface area contributed by atoms with E-state index in [9.17, 15) is 13.2 Å². The van der Waals surface area contributed by atoms with Crippen LogP contribution in [0.15, 0.2) is 18.2 Å². The number of ether oxygens (including phenoxy) is 1. The van der Waals surface area contributed by atoms with E-state index >= 15 is 0 Å². The minimum Gasteiger partial charge on any atom is -0.432 e. The molecule has 0 aliphatic rings. The Morgan fingerprint density at radius 3 is 2.43 bits per heavy atom. The summed E-state index contributed by atoms with van der Waals surface area (Å²) in [7, 11) is 0. The van der Waals surface area contributed by atoms with Gasteiger partial charge in [0.2, 0.25) is 0 Å². The zero-order valence-corrected chi connectivity index (χ0v) is 8.89. The van der Waals surface area contributed by atoms with Crippen molar-refractivity contribution in [3.8, 4) is 5.75 Å². The molecule has 1 aromatic carbocycles. The lowest BCUT2D eigenvalue weighted by atomic mass is 10.1. The van der Waals surface area contributed by atoms with Crippen molar-refractivity contribution in [2.45, 2.75) is 18.4 Å². The maximum Gasteiger partial charge on any atom is 0.387 e. The number of halogens is 4. The van der Waals surface area contributed by atoms with Crippen LogP contribution in [0.3, 0.4) is 0 Å². The quantitative estimate of drug-likeness (QED) is 0.756. The Hall–Kier alpha value is -0.710. The molecule has 0 bridgehead atoms. The van der Waals surface area contributed by atoms with Gasteiger partial charge in [-0.3, -0.25) is 0 Å². The van der Waals surface area contributed by atoms with Gasteiger partial charge < -0.3 is 4.74 Å². The highest BCUT2D eigenvalue weighted by Gasteiger charge is 2.11. The van der Waals surface area contributed by atoms with Gasteiger partial charge in [0, 0.05) is 4.83 Å². The normalized spacial score (nSPS) is 13.0. The van der Waals surface area contributed by atoms with E-state index in [1.807, 2.05) is 6.92 Å². The van der Waals surface area contributed by atoms with E-state index in [1.54, 1.807) is 0 Å². The van der Waals surface area contributed by atoms with Crippen LogP contribution in [0.4, 0.5) is 13.2 Å². The first-order valence-corrected chi connectivity index (χ1v) is 4.80. The second-order valence-corrected chi connectivity index (χ2v) is 4.06. The van der Waals surface area contributed by atoms with Gasteiger partial charge in [-0.2, -0.15) is 8.78 Å². The molecule has 0 fully saturated rings. The van der Waals surface area contributed by atoms with Gasteiger partial charge in [-0.15, -0.1) is 0 Å². The van der Waals surface area contributed by atoms with Gasteiger partial charge in [0.15, 0.2) is 11.6 Å². The van der Waals surface area contributed by atoms with E-state index in [2.05, 4.69) is 20.7 Å². The summed E-state index contributed by atoms with van der Waals surface area (Å²) >= 11 is 3.24. The van der Waals surface area contributed by atoms with Crippen LogP contribution in [0.25, 0.3) is 0 Å². The van der Waals surface area contributed by atoms with Gasteiger partial charge in [-0.05, 0) is 24.6 Å². The van der Waals surface area contributed by atoms with Gasteiger partial charge in [0.05, 0.1) is 0 Å². The molecular formula is C9H8BrF3O. The molecular weight excluding hydrogens is 261 g/mol. The molecule has 0 radical (unpaired) electrons. The van der Waals surface area contributed by atoms with Crippen molar-refractivity contribution in [3.63, 3.8) is 0 Å². The summed E-state index contributed by atoms with van der Waals surface area (Å²) in [5, 5.41) is 0. The smallest absolute Gasteiger partial charge is 0.387 e. The lowest BCUT2D eigenvalue weighted by Crippen LogP contribution is -2.03. The van der Waals surface area contributed by atoms with Crippen LogP contribution in [0.2, 0.25) is 0 Å². The largest absolute Gasteiger partial charge is 0.432 e. The molecule has 0 saturated heterocycles. The summed E-state index contributed by atoms with van der Waals surface area (Å²) in [6.07, 6.45) is 0. The maximum absolute atomic E-state index is 13.1. The highest BCUT2D eigenvalue weighted by Crippen LogP contribution is 2.27. The van der Waals surface area contributed by atoms with Crippen molar-refractivity contribution >= 4 is 15.9 Å². The van der Waals surface area contributed by atoms with E-state index in [-0.39, 0.29) is 4.83 Å². The lowest BCUT2D eigenvalue weighted by Gasteiger charge is -2.08. The average molecular weight is 269 g/mol. The Morgan fingerprint density at radius 1 is 1.36 bits per heavy atom. The Kier molecular flexibility index (Phi) is 3.80. The first-order valence-electron chi connectivity index (χ1n) is 3.89. The molecule has 0 amide bonds. The monoisotopic (exact) mass is 268 g/mol. The molecule has 0 N–H and O–H groups in total. The predicted molar refractivity (Wildman–Crippen MR) is 50.4 cm³/mol. The number of hydrogen-bond donors (Lipinski definition) is 0. The molecule has 1 rings (SSSR count). The van der Waals surface area contributed by atoms with E-state index in [4.69, 9.17) is 0 Å². The Bertz CT molecular complexity index is 315. The second kappa shape index (κ2) is 4.68.